The summed E-state index contributed by atoms with van der Waals surface area (Å²) < 4.78 is 0. The number of aliphatic hydroxyl groups excluding tert-OH is 1. The van der Waals surface area contributed by atoms with E-state index in [0.717, 1.165) is 25.9 Å². The molecule has 1 aliphatic rings. The Morgan fingerprint density at radius 3 is 2.58 bits per heavy atom. The molecule has 1 aromatic rings. The fraction of sp³-hybridized carbons (Fsp3) is 0.625. The van der Waals surface area contributed by atoms with E-state index in [2.05, 4.69) is 55.3 Å². The number of aliphatic hydroxyl groups is 1. The van der Waals surface area contributed by atoms with Crippen molar-refractivity contribution in [1.29, 1.82) is 0 Å². The Kier molecular flexibility index (Phi) is 4.48. The zero-order valence-corrected chi connectivity index (χ0v) is 12.3. The third-order valence-corrected chi connectivity index (χ3v) is 4.09. The van der Waals surface area contributed by atoms with Gasteiger partial charge in [-0.1, -0.05) is 19.1 Å². The molecule has 1 unspecified atom stereocenters. The average molecular weight is 262 g/mol. The SMILES string of the molecule is CCc1ccc(N2CC(CCO)NCC2(C)C)cc1. The maximum absolute atomic E-state index is 9.12. The Labute approximate surface area is 116 Å². The summed E-state index contributed by atoms with van der Waals surface area (Å²) in [5, 5.41) is 12.6. The van der Waals surface area contributed by atoms with Gasteiger partial charge in [0.05, 0.1) is 0 Å². The van der Waals surface area contributed by atoms with E-state index in [1.54, 1.807) is 0 Å². The highest BCUT2D eigenvalue weighted by Crippen LogP contribution is 2.27. The number of benzene rings is 1. The van der Waals surface area contributed by atoms with Gasteiger partial charge in [0.2, 0.25) is 0 Å². The summed E-state index contributed by atoms with van der Waals surface area (Å²) in [5.41, 5.74) is 2.77. The van der Waals surface area contributed by atoms with Crippen LogP contribution >= 0.6 is 0 Å². The normalized spacial score (nSPS) is 22.5. The van der Waals surface area contributed by atoms with Crippen LogP contribution in [0.25, 0.3) is 0 Å². The molecule has 1 heterocycles. The molecule has 106 valence electrons. The Balaban J connectivity index is 2.17. The second kappa shape index (κ2) is 5.93. The van der Waals surface area contributed by atoms with E-state index >= 15 is 0 Å². The first-order chi connectivity index (χ1) is 9.06. The summed E-state index contributed by atoms with van der Waals surface area (Å²) in [5.74, 6) is 0. The van der Waals surface area contributed by atoms with Crippen LogP contribution in [-0.2, 0) is 6.42 Å². The minimum Gasteiger partial charge on any atom is -0.396 e. The molecule has 1 aliphatic heterocycles. The first-order valence-corrected chi connectivity index (χ1v) is 7.27. The van der Waals surface area contributed by atoms with Crippen LogP contribution in [0.1, 0.15) is 32.8 Å². The fourth-order valence-electron chi connectivity index (χ4n) is 2.74. The van der Waals surface area contributed by atoms with Crippen molar-refractivity contribution in [2.75, 3.05) is 24.6 Å². The summed E-state index contributed by atoms with van der Waals surface area (Å²) in [4.78, 5) is 2.46. The van der Waals surface area contributed by atoms with Gasteiger partial charge in [0.1, 0.15) is 0 Å². The quantitative estimate of drug-likeness (QED) is 0.873. The van der Waals surface area contributed by atoms with Crippen LogP contribution in [0.2, 0.25) is 0 Å². The lowest BCUT2D eigenvalue weighted by atomic mass is 9.95. The van der Waals surface area contributed by atoms with Crippen LogP contribution in [0.15, 0.2) is 24.3 Å². The molecule has 1 saturated heterocycles. The standard InChI is InChI=1S/C16H26N2O/c1-4-13-5-7-15(8-6-13)18-11-14(9-10-19)17-12-16(18,2)3/h5-8,14,17,19H,4,9-12H2,1-3H3. The van der Waals surface area contributed by atoms with Gasteiger partial charge in [-0.3, -0.25) is 0 Å². The van der Waals surface area contributed by atoms with E-state index in [-0.39, 0.29) is 12.1 Å². The highest BCUT2D eigenvalue weighted by atomic mass is 16.3. The van der Waals surface area contributed by atoms with Gasteiger partial charge in [-0.25, -0.2) is 0 Å². The number of rotatable bonds is 4. The Hall–Kier alpha value is -1.06. The van der Waals surface area contributed by atoms with Crippen molar-refractivity contribution in [3.05, 3.63) is 29.8 Å². The first-order valence-electron chi connectivity index (χ1n) is 7.27. The van der Waals surface area contributed by atoms with E-state index in [0.29, 0.717) is 6.04 Å². The minimum absolute atomic E-state index is 0.111. The largest absolute Gasteiger partial charge is 0.396 e. The van der Waals surface area contributed by atoms with E-state index in [9.17, 15) is 0 Å². The third-order valence-electron chi connectivity index (χ3n) is 4.09. The van der Waals surface area contributed by atoms with Gasteiger partial charge in [0.15, 0.2) is 0 Å². The van der Waals surface area contributed by atoms with Gasteiger partial charge in [-0.05, 0) is 44.4 Å². The van der Waals surface area contributed by atoms with Crippen LogP contribution in [0, 0.1) is 0 Å². The van der Waals surface area contributed by atoms with Crippen molar-refractivity contribution < 1.29 is 5.11 Å². The van der Waals surface area contributed by atoms with Crippen molar-refractivity contribution in [2.45, 2.75) is 45.2 Å². The molecule has 0 aromatic heterocycles. The predicted molar refractivity (Wildman–Crippen MR) is 80.7 cm³/mol. The van der Waals surface area contributed by atoms with Crippen molar-refractivity contribution in [3.8, 4) is 0 Å². The molecule has 0 bridgehead atoms. The van der Waals surface area contributed by atoms with E-state index in [1.165, 1.54) is 11.3 Å². The number of hydrogen-bond donors (Lipinski definition) is 2. The molecule has 0 saturated carbocycles. The van der Waals surface area contributed by atoms with Gasteiger partial charge < -0.3 is 15.3 Å². The minimum atomic E-state index is 0.111. The maximum atomic E-state index is 9.12. The third kappa shape index (κ3) is 3.28. The first kappa shape index (κ1) is 14.4. The Morgan fingerprint density at radius 2 is 2.00 bits per heavy atom. The van der Waals surface area contributed by atoms with Gasteiger partial charge >= 0.3 is 0 Å². The lowest BCUT2D eigenvalue weighted by molar-refractivity contribution is 0.239. The van der Waals surface area contributed by atoms with Crippen LogP contribution < -0.4 is 10.2 Å². The molecule has 3 nitrogen and oxygen atoms in total. The molecule has 0 spiro atoms. The molecule has 3 heteroatoms. The van der Waals surface area contributed by atoms with E-state index in [1.807, 2.05) is 0 Å². The summed E-state index contributed by atoms with van der Waals surface area (Å²) in [7, 11) is 0. The summed E-state index contributed by atoms with van der Waals surface area (Å²) in [6.07, 6.45) is 1.90. The Bertz CT molecular complexity index is 400. The molecule has 0 radical (unpaired) electrons. The van der Waals surface area contributed by atoms with Crippen molar-refractivity contribution >= 4 is 5.69 Å². The highest BCUT2D eigenvalue weighted by Gasteiger charge is 2.33. The predicted octanol–water partition coefficient (Wildman–Crippen LogP) is 2.19. The molecule has 1 aromatic carbocycles. The summed E-state index contributed by atoms with van der Waals surface area (Å²) in [6, 6.07) is 9.26. The number of nitrogens with one attached hydrogen (secondary N) is 1. The fourth-order valence-corrected chi connectivity index (χ4v) is 2.74. The van der Waals surface area contributed by atoms with E-state index in [4.69, 9.17) is 5.11 Å². The molecule has 1 atom stereocenters. The maximum Gasteiger partial charge on any atom is 0.0471 e. The van der Waals surface area contributed by atoms with Crippen LogP contribution in [0.3, 0.4) is 0 Å². The molecule has 0 amide bonds. The molecule has 0 aliphatic carbocycles. The number of piperazine rings is 1. The second-order valence-corrected chi connectivity index (χ2v) is 6.03. The zero-order chi connectivity index (χ0) is 13.9. The molecule has 2 N–H and O–H groups in total. The number of nitrogens with zero attached hydrogens (tertiary/aromatic N) is 1. The van der Waals surface area contributed by atoms with Crippen molar-refractivity contribution in [2.24, 2.45) is 0 Å². The summed E-state index contributed by atoms with van der Waals surface area (Å²) >= 11 is 0. The van der Waals surface area contributed by atoms with Crippen molar-refractivity contribution in [3.63, 3.8) is 0 Å². The van der Waals surface area contributed by atoms with Gasteiger partial charge in [-0.15, -0.1) is 0 Å². The second-order valence-electron chi connectivity index (χ2n) is 6.03. The van der Waals surface area contributed by atoms with Crippen LogP contribution in [0.4, 0.5) is 5.69 Å². The molecule has 2 rings (SSSR count). The monoisotopic (exact) mass is 262 g/mol. The van der Waals surface area contributed by atoms with Crippen LogP contribution in [-0.4, -0.2) is 36.4 Å². The molecule has 1 fully saturated rings. The zero-order valence-electron chi connectivity index (χ0n) is 12.3. The van der Waals surface area contributed by atoms with Gasteiger partial charge in [-0.2, -0.15) is 0 Å². The Morgan fingerprint density at radius 1 is 1.32 bits per heavy atom. The molecule has 19 heavy (non-hydrogen) atoms. The van der Waals surface area contributed by atoms with E-state index < -0.39 is 0 Å². The summed E-state index contributed by atoms with van der Waals surface area (Å²) in [6.45, 7) is 8.87. The van der Waals surface area contributed by atoms with Crippen molar-refractivity contribution in [1.82, 2.24) is 5.32 Å². The lowest BCUT2D eigenvalue weighted by Gasteiger charge is -2.47. The number of hydrogen-bond acceptors (Lipinski definition) is 3. The van der Waals surface area contributed by atoms with Gasteiger partial charge in [0, 0.05) is 37.0 Å². The molecular formula is C16H26N2O. The molecular weight excluding hydrogens is 236 g/mol. The average Bonchev–Trinajstić information content (AvgIpc) is 2.41. The van der Waals surface area contributed by atoms with Crippen LogP contribution in [0.5, 0.6) is 0 Å². The lowest BCUT2D eigenvalue weighted by Crippen LogP contribution is -2.62. The topological polar surface area (TPSA) is 35.5 Å². The smallest absolute Gasteiger partial charge is 0.0471 e. The highest BCUT2D eigenvalue weighted by molar-refractivity contribution is 5.51. The van der Waals surface area contributed by atoms with Gasteiger partial charge in [0.25, 0.3) is 0 Å². The number of anilines is 1. The number of aryl methyl sites for hydroxylation is 1.